The van der Waals surface area contributed by atoms with Crippen molar-refractivity contribution in [3.05, 3.63) is 59.9 Å². The molecule has 0 unspecified atom stereocenters. The number of amides is 2. The van der Waals surface area contributed by atoms with E-state index in [9.17, 15) is 18.8 Å². The Morgan fingerprint density at radius 2 is 1.78 bits per heavy atom. The first-order valence-corrected chi connectivity index (χ1v) is 9.12. The van der Waals surface area contributed by atoms with Crippen LogP contribution in [0.4, 0.5) is 10.1 Å². The van der Waals surface area contributed by atoms with Crippen LogP contribution in [0.2, 0.25) is 0 Å². The van der Waals surface area contributed by atoms with E-state index in [1.165, 1.54) is 23.9 Å². The Hall–Kier alpha value is -2.87. The zero-order chi connectivity index (χ0) is 19.6. The van der Waals surface area contributed by atoms with Crippen LogP contribution in [-0.2, 0) is 25.5 Å². The maximum atomic E-state index is 12.8. The van der Waals surface area contributed by atoms with Crippen LogP contribution in [0.3, 0.4) is 0 Å². The van der Waals surface area contributed by atoms with Gasteiger partial charge in [-0.3, -0.25) is 14.4 Å². The fraction of sp³-hybridized carbons (Fsp3) is 0.211. The van der Waals surface area contributed by atoms with Crippen LogP contribution in [0.15, 0.2) is 53.4 Å². The van der Waals surface area contributed by atoms with Crippen molar-refractivity contribution in [3.8, 4) is 0 Å². The monoisotopic (exact) mass is 390 g/mol. The first-order chi connectivity index (χ1) is 12.9. The highest BCUT2D eigenvalue weighted by molar-refractivity contribution is 8.00. The number of thioether (sulfide) groups is 1. The molecule has 0 spiro atoms. The molecular weight excluding hydrogens is 371 g/mol. The fourth-order valence-electron chi connectivity index (χ4n) is 2.15. The van der Waals surface area contributed by atoms with E-state index in [2.05, 4.69) is 5.32 Å². The first-order valence-electron chi connectivity index (χ1n) is 8.14. The van der Waals surface area contributed by atoms with Gasteiger partial charge in [-0.25, -0.2) is 4.39 Å². The summed E-state index contributed by atoms with van der Waals surface area (Å²) < 4.78 is 17.8. The number of halogens is 1. The van der Waals surface area contributed by atoms with Crippen LogP contribution in [0.1, 0.15) is 12.0 Å². The number of ether oxygens (including phenoxy) is 1. The van der Waals surface area contributed by atoms with E-state index in [1.807, 2.05) is 0 Å². The number of primary amides is 1. The predicted molar refractivity (Wildman–Crippen MR) is 101 cm³/mol. The molecule has 27 heavy (non-hydrogen) atoms. The second-order valence-corrected chi connectivity index (χ2v) is 6.60. The molecule has 0 saturated heterocycles. The molecule has 0 heterocycles. The largest absolute Gasteiger partial charge is 0.456 e. The van der Waals surface area contributed by atoms with Crippen LogP contribution >= 0.6 is 11.8 Å². The molecule has 0 fully saturated rings. The summed E-state index contributed by atoms with van der Waals surface area (Å²) in [7, 11) is 0. The first kappa shape index (κ1) is 20.4. The number of benzene rings is 2. The lowest BCUT2D eigenvalue weighted by Gasteiger charge is -2.10. The van der Waals surface area contributed by atoms with Crippen LogP contribution in [-0.4, -0.2) is 30.1 Å². The third-order valence-electron chi connectivity index (χ3n) is 3.43. The summed E-state index contributed by atoms with van der Waals surface area (Å²) in [6.45, 7) is -0.420. The highest BCUT2D eigenvalue weighted by Gasteiger charge is 2.11. The average molecular weight is 390 g/mol. The van der Waals surface area contributed by atoms with Crippen molar-refractivity contribution in [1.29, 1.82) is 0 Å². The van der Waals surface area contributed by atoms with Gasteiger partial charge in [0.05, 0.1) is 11.4 Å². The third kappa shape index (κ3) is 7.49. The minimum absolute atomic E-state index is 0.0873. The maximum absolute atomic E-state index is 12.8. The quantitative estimate of drug-likeness (QED) is 0.506. The van der Waals surface area contributed by atoms with Crippen molar-refractivity contribution >= 4 is 35.2 Å². The molecule has 2 amide bonds. The SMILES string of the molecule is NC(=O)CSc1ccccc1NC(=O)COC(=O)CCc1ccc(F)cc1. The molecule has 0 radical (unpaired) electrons. The van der Waals surface area contributed by atoms with E-state index in [0.29, 0.717) is 17.0 Å². The molecule has 2 aromatic rings. The van der Waals surface area contributed by atoms with Gasteiger partial charge in [0.15, 0.2) is 6.61 Å². The normalized spacial score (nSPS) is 10.3. The van der Waals surface area contributed by atoms with Gasteiger partial charge in [0, 0.05) is 11.3 Å². The predicted octanol–water partition coefficient (Wildman–Crippen LogP) is 2.52. The second kappa shape index (κ2) is 10.3. The number of para-hydroxylation sites is 1. The highest BCUT2D eigenvalue weighted by Crippen LogP contribution is 2.26. The number of carbonyl (C=O) groups excluding carboxylic acids is 3. The van der Waals surface area contributed by atoms with Gasteiger partial charge in [-0.1, -0.05) is 24.3 Å². The highest BCUT2D eigenvalue weighted by atomic mass is 32.2. The average Bonchev–Trinajstić information content (AvgIpc) is 2.65. The van der Waals surface area contributed by atoms with Gasteiger partial charge < -0.3 is 15.8 Å². The molecule has 0 aliphatic carbocycles. The molecule has 2 rings (SSSR count). The number of rotatable bonds is 9. The Labute approximate surface area is 160 Å². The zero-order valence-corrected chi connectivity index (χ0v) is 15.3. The van der Waals surface area contributed by atoms with E-state index >= 15 is 0 Å². The van der Waals surface area contributed by atoms with Crippen molar-refractivity contribution in [3.63, 3.8) is 0 Å². The Kier molecular flexibility index (Phi) is 7.81. The molecule has 2 aromatic carbocycles. The van der Waals surface area contributed by atoms with Gasteiger partial charge >= 0.3 is 5.97 Å². The van der Waals surface area contributed by atoms with Crippen molar-refractivity contribution in [2.45, 2.75) is 17.7 Å². The summed E-state index contributed by atoms with van der Waals surface area (Å²) in [5.41, 5.74) is 6.44. The van der Waals surface area contributed by atoms with Crippen LogP contribution in [0.5, 0.6) is 0 Å². The van der Waals surface area contributed by atoms with Crippen LogP contribution in [0, 0.1) is 5.82 Å². The van der Waals surface area contributed by atoms with Gasteiger partial charge in [0.2, 0.25) is 5.91 Å². The lowest BCUT2D eigenvalue weighted by molar-refractivity contribution is -0.147. The minimum Gasteiger partial charge on any atom is -0.456 e. The van der Waals surface area contributed by atoms with Gasteiger partial charge in [-0.05, 0) is 36.2 Å². The lowest BCUT2D eigenvalue weighted by Crippen LogP contribution is -2.21. The summed E-state index contributed by atoms with van der Waals surface area (Å²) >= 11 is 1.20. The Morgan fingerprint density at radius 1 is 1.07 bits per heavy atom. The number of aryl methyl sites for hydroxylation is 1. The third-order valence-corrected chi connectivity index (χ3v) is 4.52. The number of esters is 1. The number of nitrogens with one attached hydrogen (secondary N) is 1. The van der Waals surface area contributed by atoms with Gasteiger partial charge in [0.1, 0.15) is 5.82 Å². The van der Waals surface area contributed by atoms with E-state index < -0.39 is 24.4 Å². The topological polar surface area (TPSA) is 98.5 Å². The number of hydrogen-bond acceptors (Lipinski definition) is 5. The van der Waals surface area contributed by atoms with Gasteiger partial charge in [-0.15, -0.1) is 11.8 Å². The minimum atomic E-state index is -0.522. The van der Waals surface area contributed by atoms with Crippen LogP contribution in [0.25, 0.3) is 0 Å². The number of hydrogen-bond donors (Lipinski definition) is 2. The van der Waals surface area contributed by atoms with Crippen LogP contribution < -0.4 is 11.1 Å². The molecule has 0 aliphatic rings. The van der Waals surface area contributed by atoms with Crippen molar-refractivity contribution in [2.24, 2.45) is 5.73 Å². The Balaban J connectivity index is 1.78. The zero-order valence-electron chi connectivity index (χ0n) is 14.4. The van der Waals surface area contributed by atoms with E-state index in [1.54, 1.807) is 36.4 Å². The summed E-state index contributed by atoms with van der Waals surface area (Å²) in [5.74, 6) is -1.72. The molecule has 8 heteroatoms. The molecular formula is C19H19FN2O4S. The molecule has 0 aliphatic heterocycles. The number of anilines is 1. The summed E-state index contributed by atoms with van der Waals surface area (Å²) in [6, 6.07) is 12.8. The molecule has 6 nitrogen and oxygen atoms in total. The van der Waals surface area contributed by atoms with E-state index in [0.717, 1.165) is 5.56 Å². The smallest absolute Gasteiger partial charge is 0.306 e. The van der Waals surface area contributed by atoms with Gasteiger partial charge in [0.25, 0.3) is 5.91 Å². The van der Waals surface area contributed by atoms with Gasteiger partial charge in [-0.2, -0.15) is 0 Å². The standard InChI is InChI=1S/C19H19FN2O4S/c20-14-8-5-13(6-9-14)7-10-19(25)26-11-18(24)22-15-3-1-2-4-16(15)27-12-17(21)23/h1-6,8-9H,7,10-12H2,(H2,21,23)(H,22,24). The number of carbonyl (C=O) groups is 3. The summed E-state index contributed by atoms with van der Waals surface area (Å²) in [5, 5.41) is 2.64. The van der Waals surface area contributed by atoms with Crippen molar-refractivity contribution in [2.75, 3.05) is 17.7 Å². The van der Waals surface area contributed by atoms with Crippen molar-refractivity contribution < 1.29 is 23.5 Å². The second-order valence-electron chi connectivity index (χ2n) is 5.59. The molecule has 0 aromatic heterocycles. The molecule has 0 bridgehead atoms. The molecule has 3 N–H and O–H groups in total. The lowest BCUT2D eigenvalue weighted by atomic mass is 10.1. The number of nitrogens with two attached hydrogens (primary N) is 1. The summed E-state index contributed by atoms with van der Waals surface area (Å²) in [6.07, 6.45) is 0.483. The maximum Gasteiger partial charge on any atom is 0.306 e. The van der Waals surface area contributed by atoms with Crippen molar-refractivity contribution in [1.82, 2.24) is 0 Å². The Morgan fingerprint density at radius 3 is 2.48 bits per heavy atom. The molecule has 142 valence electrons. The molecule has 0 atom stereocenters. The van der Waals surface area contributed by atoms with E-state index in [4.69, 9.17) is 10.5 Å². The Bertz CT molecular complexity index is 812. The fourth-order valence-corrected chi connectivity index (χ4v) is 2.89. The van der Waals surface area contributed by atoms with E-state index in [-0.39, 0.29) is 18.0 Å². The molecule has 0 saturated carbocycles. The summed E-state index contributed by atoms with van der Waals surface area (Å²) in [4.78, 5) is 35.3.